The van der Waals surface area contributed by atoms with Crippen LogP contribution in [0.2, 0.25) is 0 Å². The fraction of sp³-hybridized carbons (Fsp3) is 0.417. The highest BCUT2D eigenvalue weighted by Gasteiger charge is 2.20. The lowest BCUT2D eigenvalue weighted by Gasteiger charge is -2.10. The molecule has 2 N–H and O–H groups in total. The molecule has 1 unspecified atom stereocenters. The largest absolute Gasteiger partial charge is 0.454 e. The molecule has 0 radical (unpaired) electrons. The Labute approximate surface area is 99.1 Å². The Kier molecular flexibility index (Phi) is 2.60. The molecule has 0 saturated carbocycles. The fourth-order valence-corrected chi connectivity index (χ4v) is 2.06. The first-order chi connectivity index (χ1) is 8.31. The molecule has 1 saturated heterocycles. The van der Waals surface area contributed by atoms with Gasteiger partial charge in [0.1, 0.15) is 0 Å². The van der Waals surface area contributed by atoms with Crippen LogP contribution in [0.25, 0.3) is 0 Å². The Bertz CT molecular complexity index is 447. The third-order valence-electron chi connectivity index (χ3n) is 3.01. The Morgan fingerprint density at radius 1 is 1.35 bits per heavy atom. The Hall–Kier alpha value is -1.75. The van der Waals surface area contributed by atoms with Gasteiger partial charge in [0.05, 0.1) is 0 Å². The zero-order valence-electron chi connectivity index (χ0n) is 9.36. The van der Waals surface area contributed by atoms with E-state index in [9.17, 15) is 4.79 Å². The van der Waals surface area contributed by atoms with Crippen LogP contribution < -0.4 is 20.1 Å². The maximum atomic E-state index is 11.0. The molecular formula is C12H14N2O3. The number of benzene rings is 1. The Morgan fingerprint density at radius 2 is 2.24 bits per heavy atom. The molecule has 2 aliphatic rings. The average Bonchev–Trinajstić information content (AvgIpc) is 2.94. The van der Waals surface area contributed by atoms with Gasteiger partial charge in [0, 0.05) is 25.6 Å². The van der Waals surface area contributed by atoms with Gasteiger partial charge in [-0.2, -0.15) is 0 Å². The smallest absolute Gasteiger partial charge is 0.231 e. The summed E-state index contributed by atoms with van der Waals surface area (Å²) < 4.78 is 10.6. The predicted molar refractivity (Wildman–Crippen MR) is 60.8 cm³/mol. The van der Waals surface area contributed by atoms with E-state index in [-0.39, 0.29) is 11.9 Å². The van der Waals surface area contributed by atoms with E-state index in [1.54, 1.807) is 0 Å². The first-order valence-corrected chi connectivity index (χ1v) is 5.70. The Morgan fingerprint density at radius 3 is 3.06 bits per heavy atom. The zero-order chi connectivity index (χ0) is 11.7. The van der Waals surface area contributed by atoms with Crippen molar-refractivity contribution >= 4 is 5.91 Å². The second kappa shape index (κ2) is 4.25. The molecular weight excluding hydrogens is 220 g/mol. The van der Waals surface area contributed by atoms with Gasteiger partial charge in [-0.25, -0.2) is 0 Å². The van der Waals surface area contributed by atoms with Crippen molar-refractivity contribution in [3.63, 3.8) is 0 Å². The summed E-state index contributed by atoms with van der Waals surface area (Å²) in [4.78, 5) is 11.0. The van der Waals surface area contributed by atoms with Crippen LogP contribution in [0.1, 0.15) is 12.0 Å². The quantitative estimate of drug-likeness (QED) is 0.794. The molecule has 17 heavy (non-hydrogen) atoms. The van der Waals surface area contributed by atoms with E-state index in [1.807, 2.05) is 18.2 Å². The molecule has 3 rings (SSSR count). The van der Waals surface area contributed by atoms with Gasteiger partial charge in [0.15, 0.2) is 11.5 Å². The van der Waals surface area contributed by atoms with E-state index < -0.39 is 0 Å². The van der Waals surface area contributed by atoms with Crippen LogP contribution in [-0.2, 0) is 11.3 Å². The van der Waals surface area contributed by atoms with Gasteiger partial charge >= 0.3 is 0 Å². The molecule has 0 aliphatic carbocycles. The minimum absolute atomic E-state index is 0.119. The molecule has 1 aromatic carbocycles. The number of hydrogen-bond donors (Lipinski definition) is 2. The molecule has 2 heterocycles. The number of amides is 1. The second-order valence-corrected chi connectivity index (χ2v) is 4.27. The highest BCUT2D eigenvalue weighted by molar-refractivity contribution is 5.78. The van der Waals surface area contributed by atoms with E-state index in [1.165, 1.54) is 0 Å². The van der Waals surface area contributed by atoms with Gasteiger partial charge in [-0.3, -0.25) is 4.79 Å². The highest BCUT2D eigenvalue weighted by Crippen LogP contribution is 2.32. The first-order valence-electron chi connectivity index (χ1n) is 5.70. The topological polar surface area (TPSA) is 59.6 Å². The molecule has 5 nitrogen and oxygen atoms in total. The number of carbonyl (C=O) groups excluding carboxylic acids is 1. The number of carbonyl (C=O) groups is 1. The van der Waals surface area contributed by atoms with Crippen molar-refractivity contribution < 1.29 is 14.3 Å². The molecule has 5 heteroatoms. The van der Waals surface area contributed by atoms with Gasteiger partial charge in [0.2, 0.25) is 12.7 Å². The van der Waals surface area contributed by atoms with Gasteiger partial charge < -0.3 is 20.1 Å². The molecule has 0 bridgehead atoms. The van der Waals surface area contributed by atoms with Crippen LogP contribution in [0.4, 0.5) is 0 Å². The lowest BCUT2D eigenvalue weighted by atomic mass is 10.2. The summed E-state index contributed by atoms with van der Waals surface area (Å²) in [5.41, 5.74) is 1.13. The maximum Gasteiger partial charge on any atom is 0.231 e. The van der Waals surface area contributed by atoms with Gasteiger partial charge in [-0.15, -0.1) is 0 Å². The maximum absolute atomic E-state index is 11.0. The van der Waals surface area contributed by atoms with Gasteiger partial charge in [-0.1, -0.05) is 6.07 Å². The summed E-state index contributed by atoms with van der Waals surface area (Å²) >= 11 is 0. The van der Waals surface area contributed by atoms with Crippen molar-refractivity contribution in [1.29, 1.82) is 0 Å². The van der Waals surface area contributed by atoms with Crippen molar-refractivity contribution in [1.82, 2.24) is 10.6 Å². The van der Waals surface area contributed by atoms with Crippen molar-refractivity contribution in [3.05, 3.63) is 23.8 Å². The van der Waals surface area contributed by atoms with E-state index in [2.05, 4.69) is 10.6 Å². The lowest BCUT2D eigenvalue weighted by molar-refractivity contribution is -0.119. The summed E-state index contributed by atoms with van der Waals surface area (Å²) in [5, 5.41) is 6.14. The minimum atomic E-state index is 0.119. The molecule has 0 aromatic heterocycles. The first kappa shape index (κ1) is 10.4. The van der Waals surface area contributed by atoms with Crippen LogP contribution in [0, 0.1) is 0 Å². The number of rotatable bonds is 3. The zero-order valence-corrected chi connectivity index (χ0v) is 9.36. The number of fused-ring (bicyclic) bond motifs is 1. The standard InChI is InChI=1S/C12H14N2O3/c15-12-4-9(6-14-12)13-5-8-1-2-10-11(3-8)17-7-16-10/h1-3,9,13H,4-7H2,(H,14,15). The van der Waals surface area contributed by atoms with Gasteiger partial charge in [0.25, 0.3) is 0 Å². The summed E-state index contributed by atoms with van der Waals surface area (Å²) in [6, 6.07) is 6.12. The lowest BCUT2D eigenvalue weighted by Crippen LogP contribution is -2.30. The summed E-state index contributed by atoms with van der Waals surface area (Å²) in [7, 11) is 0. The monoisotopic (exact) mass is 234 g/mol. The molecule has 1 fully saturated rings. The molecule has 0 spiro atoms. The van der Waals surface area contributed by atoms with Crippen LogP contribution in [0.3, 0.4) is 0 Å². The van der Waals surface area contributed by atoms with E-state index in [0.717, 1.165) is 23.6 Å². The molecule has 1 aromatic rings. The third kappa shape index (κ3) is 2.19. The van der Waals surface area contributed by atoms with E-state index in [4.69, 9.17) is 9.47 Å². The average molecular weight is 234 g/mol. The summed E-state index contributed by atoms with van der Waals surface area (Å²) in [5.74, 6) is 1.71. The second-order valence-electron chi connectivity index (χ2n) is 4.27. The normalized spacial score (nSPS) is 21.6. The van der Waals surface area contributed by atoms with Gasteiger partial charge in [-0.05, 0) is 17.7 Å². The number of hydrogen-bond acceptors (Lipinski definition) is 4. The van der Waals surface area contributed by atoms with Crippen molar-refractivity contribution in [2.45, 2.75) is 19.0 Å². The SMILES string of the molecule is O=C1CC(NCc2ccc3c(c2)OCO3)CN1. The third-order valence-corrected chi connectivity index (χ3v) is 3.01. The van der Waals surface area contributed by atoms with Crippen LogP contribution in [-0.4, -0.2) is 25.3 Å². The highest BCUT2D eigenvalue weighted by atomic mass is 16.7. The summed E-state index contributed by atoms with van der Waals surface area (Å²) in [6.45, 7) is 1.74. The minimum Gasteiger partial charge on any atom is -0.454 e. The van der Waals surface area contributed by atoms with Crippen molar-refractivity contribution in [3.8, 4) is 11.5 Å². The predicted octanol–water partition coefficient (Wildman–Crippen LogP) is 0.393. The van der Waals surface area contributed by atoms with Crippen LogP contribution in [0.5, 0.6) is 11.5 Å². The summed E-state index contributed by atoms with van der Waals surface area (Å²) in [6.07, 6.45) is 0.560. The molecule has 1 amide bonds. The van der Waals surface area contributed by atoms with Crippen molar-refractivity contribution in [2.75, 3.05) is 13.3 Å². The van der Waals surface area contributed by atoms with Crippen LogP contribution >= 0.6 is 0 Å². The van der Waals surface area contributed by atoms with Crippen LogP contribution in [0.15, 0.2) is 18.2 Å². The van der Waals surface area contributed by atoms with E-state index >= 15 is 0 Å². The molecule has 1 atom stereocenters. The Balaban J connectivity index is 1.60. The number of ether oxygens (including phenoxy) is 2. The fourth-order valence-electron chi connectivity index (χ4n) is 2.06. The van der Waals surface area contributed by atoms with E-state index in [0.29, 0.717) is 19.8 Å². The molecule has 90 valence electrons. The van der Waals surface area contributed by atoms with Crippen molar-refractivity contribution in [2.24, 2.45) is 0 Å². The molecule has 2 aliphatic heterocycles. The number of nitrogens with one attached hydrogen (secondary N) is 2.